The van der Waals surface area contributed by atoms with Crippen LogP contribution in [0, 0.1) is 0 Å². The number of benzene rings is 1. The van der Waals surface area contributed by atoms with Gasteiger partial charge in [0.1, 0.15) is 5.82 Å². The lowest BCUT2D eigenvalue weighted by molar-refractivity contribution is -0.139. The van der Waals surface area contributed by atoms with Crippen molar-refractivity contribution in [3.05, 3.63) is 53.2 Å². The van der Waals surface area contributed by atoms with Crippen molar-refractivity contribution in [1.82, 2.24) is 9.29 Å². The zero-order valence-electron chi connectivity index (χ0n) is 16.3. The molecule has 1 aliphatic carbocycles. The predicted octanol–water partition coefficient (Wildman–Crippen LogP) is 2.73. The molecule has 31 heavy (non-hydrogen) atoms. The maximum absolute atomic E-state index is 13.1. The summed E-state index contributed by atoms with van der Waals surface area (Å²) in [6.07, 6.45) is -2.64. The monoisotopic (exact) mass is 455 g/mol. The van der Waals surface area contributed by atoms with Gasteiger partial charge in [-0.15, -0.1) is 0 Å². The second kappa shape index (κ2) is 7.79. The first-order chi connectivity index (χ1) is 14.6. The minimum absolute atomic E-state index is 0.0560. The molecule has 4 rings (SSSR count). The van der Waals surface area contributed by atoms with Gasteiger partial charge in [0, 0.05) is 32.4 Å². The lowest BCUT2D eigenvalue weighted by Gasteiger charge is -2.34. The van der Waals surface area contributed by atoms with E-state index in [2.05, 4.69) is 4.98 Å². The van der Waals surface area contributed by atoms with Gasteiger partial charge < -0.3 is 10.0 Å². The van der Waals surface area contributed by atoms with Gasteiger partial charge in [0.05, 0.1) is 16.4 Å². The van der Waals surface area contributed by atoms with Gasteiger partial charge in [0.25, 0.3) is 0 Å². The van der Waals surface area contributed by atoms with E-state index in [1.165, 1.54) is 22.5 Å². The number of anilines is 1. The number of halogens is 3. The number of aryl methyl sites for hydroxylation is 1. The molecule has 0 saturated carbocycles. The van der Waals surface area contributed by atoms with Crippen molar-refractivity contribution >= 4 is 21.8 Å². The highest BCUT2D eigenvalue weighted by Gasteiger charge is 2.34. The Kier molecular flexibility index (Phi) is 5.42. The number of hydrogen-bond donors (Lipinski definition) is 1. The number of carboxylic acid groups (broad SMARTS) is 1. The third kappa shape index (κ3) is 4.11. The van der Waals surface area contributed by atoms with Crippen LogP contribution in [-0.2, 0) is 27.4 Å². The van der Waals surface area contributed by atoms with Crippen molar-refractivity contribution in [3.8, 4) is 0 Å². The minimum atomic E-state index is -4.46. The number of hydrogen-bond acceptors (Lipinski definition) is 5. The number of piperazine rings is 1. The van der Waals surface area contributed by atoms with Gasteiger partial charge in [0.15, 0.2) is 0 Å². The van der Waals surface area contributed by atoms with Gasteiger partial charge in [-0.25, -0.2) is 13.4 Å². The number of aromatic nitrogens is 1. The highest BCUT2D eigenvalue weighted by atomic mass is 32.2. The topological polar surface area (TPSA) is 90.8 Å². The van der Waals surface area contributed by atoms with Gasteiger partial charge in [0.2, 0.25) is 10.0 Å². The van der Waals surface area contributed by atoms with Crippen LogP contribution in [0.4, 0.5) is 19.0 Å². The quantitative estimate of drug-likeness (QED) is 0.763. The average Bonchev–Trinajstić information content (AvgIpc) is 3.17. The summed E-state index contributed by atoms with van der Waals surface area (Å²) in [5, 5.41) is 9.37. The number of fused-ring (bicyclic) bond motifs is 1. The van der Waals surface area contributed by atoms with Gasteiger partial charge >= 0.3 is 12.1 Å². The molecule has 1 unspecified atom stereocenters. The summed E-state index contributed by atoms with van der Waals surface area (Å²) in [4.78, 5) is 17.1. The fourth-order valence-corrected chi connectivity index (χ4v) is 5.50. The number of nitrogens with zero attached hydrogens (tertiary/aromatic N) is 3. The number of sulfonamides is 1. The van der Waals surface area contributed by atoms with Gasteiger partial charge in [-0.05, 0) is 48.2 Å². The van der Waals surface area contributed by atoms with E-state index in [4.69, 9.17) is 0 Å². The molecule has 0 spiro atoms. The molecule has 1 saturated heterocycles. The molecule has 2 aromatic rings. The van der Waals surface area contributed by atoms with Crippen LogP contribution < -0.4 is 4.90 Å². The summed E-state index contributed by atoms with van der Waals surface area (Å²) < 4.78 is 65.6. The van der Waals surface area contributed by atoms with E-state index in [1.807, 2.05) is 0 Å². The highest BCUT2D eigenvalue weighted by Crippen LogP contribution is 2.35. The average molecular weight is 455 g/mol. The van der Waals surface area contributed by atoms with Crippen LogP contribution in [0.25, 0.3) is 0 Å². The minimum Gasteiger partial charge on any atom is -0.481 e. The van der Waals surface area contributed by atoms with Crippen LogP contribution >= 0.6 is 0 Å². The largest absolute Gasteiger partial charge is 0.481 e. The fourth-order valence-electron chi connectivity index (χ4n) is 4.04. The van der Waals surface area contributed by atoms with Crippen LogP contribution in [0.3, 0.4) is 0 Å². The third-order valence-corrected chi connectivity index (χ3v) is 7.66. The van der Waals surface area contributed by atoms with E-state index in [0.29, 0.717) is 24.2 Å². The molecule has 0 amide bonds. The van der Waals surface area contributed by atoms with Crippen LogP contribution in [0.1, 0.15) is 29.0 Å². The molecule has 1 fully saturated rings. The Morgan fingerprint density at radius 1 is 1.10 bits per heavy atom. The van der Waals surface area contributed by atoms with Gasteiger partial charge in [-0.3, -0.25) is 4.79 Å². The number of carbonyl (C=O) groups is 1. The molecule has 0 radical (unpaired) electrons. The number of aliphatic carboxylic acids is 1. The maximum atomic E-state index is 13.1. The number of carboxylic acids is 1. The standard InChI is InChI=1S/C20H20F3N3O4S/c21-20(22,23)14-3-6-18(24-12-14)25-7-9-26(10-8-25)31(29,30)15-4-1-13-2-5-16(19(27)28)17(13)11-15/h1,3-4,6,11-12,16H,2,5,7-10H2,(H,27,28). The summed E-state index contributed by atoms with van der Waals surface area (Å²) in [7, 11) is -3.82. The normalized spacial score (nSPS) is 20.0. The Morgan fingerprint density at radius 3 is 2.39 bits per heavy atom. The van der Waals surface area contributed by atoms with Crippen molar-refractivity contribution < 1.29 is 31.5 Å². The molecule has 1 aromatic carbocycles. The van der Waals surface area contributed by atoms with Crippen LogP contribution in [0.2, 0.25) is 0 Å². The smallest absolute Gasteiger partial charge is 0.417 e. The first-order valence-corrected chi connectivity index (χ1v) is 11.2. The predicted molar refractivity (Wildman–Crippen MR) is 105 cm³/mol. The molecule has 166 valence electrons. The Bertz CT molecular complexity index is 1100. The first kappa shape index (κ1) is 21.6. The SMILES string of the molecule is O=C(O)C1CCc2ccc(S(=O)(=O)N3CCN(c4ccc(C(F)(F)F)cn4)CC3)cc21. The molecule has 2 aliphatic rings. The summed E-state index contributed by atoms with van der Waals surface area (Å²) in [5.41, 5.74) is 0.555. The van der Waals surface area contributed by atoms with Crippen molar-refractivity contribution in [2.45, 2.75) is 29.8 Å². The Balaban J connectivity index is 1.47. The number of rotatable bonds is 4. The summed E-state index contributed by atoms with van der Waals surface area (Å²) in [6.45, 7) is 0.843. The Labute approximate surface area is 177 Å². The van der Waals surface area contributed by atoms with E-state index in [1.54, 1.807) is 11.0 Å². The molecule has 11 heteroatoms. The second-order valence-electron chi connectivity index (χ2n) is 7.58. The van der Waals surface area contributed by atoms with Crippen LogP contribution in [0.5, 0.6) is 0 Å². The number of pyridine rings is 1. The van der Waals surface area contributed by atoms with E-state index >= 15 is 0 Å². The molecular weight excluding hydrogens is 435 g/mol. The molecule has 7 nitrogen and oxygen atoms in total. The van der Waals surface area contributed by atoms with Crippen LogP contribution in [-0.4, -0.2) is 55.0 Å². The first-order valence-electron chi connectivity index (χ1n) is 9.71. The summed E-state index contributed by atoms with van der Waals surface area (Å²) in [6, 6.07) is 6.87. The van der Waals surface area contributed by atoms with Crippen molar-refractivity contribution in [1.29, 1.82) is 0 Å². The maximum Gasteiger partial charge on any atom is 0.417 e. The highest BCUT2D eigenvalue weighted by molar-refractivity contribution is 7.89. The lowest BCUT2D eigenvalue weighted by Crippen LogP contribution is -2.48. The fraction of sp³-hybridized carbons (Fsp3) is 0.400. The Morgan fingerprint density at radius 2 is 1.81 bits per heavy atom. The molecule has 2 heterocycles. The zero-order chi connectivity index (χ0) is 22.4. The lowest BCUT2D eigenvalue weighted by atomic mass is 10.0. The Hall–Kier alpha value is -2.66. The van der Waals surface area contributed by atoms with Crippen molar-refractivity contribution in [2.75, 3.05) is 31.1 Å². The van der Waals surface area contributed by atoms with Crippen LogP contribution in [0.15, 0.2) is 41.4 Å². The third-order valence-electron chi connectivity index (χ3n) is 5.77. The molecule has 1 aliphatic heterocycles. The summed E-state index contributed by atoms with van der Waals surface area (Å²) in [5.74, 6) is -1.31. The molecular formula is C20H20F3N3O4S. The van der Waals surface area contributed by atoms with E-state index < -0.39 is 33.7 Å². The number of alkyl halides is 3. The van der Waals surface area contributed by atoms with E-state index in [-0.39, 0.29) is 31.1 Å². The molecule has 1 atom stereocenters. The molecule has 0 bridgehead atoms. The molecule has 1 N–H and O–H groups in total. The van der Waals surface area contributed by atoms with Crippen molar-refractivity contribution in [2.24, 2.45) is 0 Å². The van der Waals surface area contributed by atoms with E-state index in [0.717, 1.165) is 17.8 Å². The van der Waals surface area contributed by atoms with Gasteiger partial charge in [-0.2, -0.15) is 17.5 Å². The summed E-state index contributed by atoms with van der Waals surface area (Å²) >= 11 is 0. The molecule has 1 aromatic heterocycles. The van der Waals surface area contributed by atoms with Crippen molar-refractivity contribution in [3.63, 3.8) is 0 Å². The van der Waals surface area contributed by atoms with E-state index in [9.17, 15) is 31.5 Å². The van der Waals surface area contributed by atoms with Gasteiger partial charge in [-0.1, -0.05) is 6.07 Å². The zero-order valence-corrected chi connectivity index (χ0v) is 17.2. The second-order valence-corrected chi connectivity index (χ2v) is 9.52.